The molecular formula is C16H10BrN5O3. The molecule has 1 aliphatic rings. The highest BCUT2D eigenvalue weighted by Crippen LogP contribution is 2.39. The van der Waals surface area contributed by atoms with Crippen LogP contribution in [0.1, 0.15) is 5.56 Å². The number of benzene rings is 2. The summed E-state index contributed by atoms with van der Waals surface area (Å²) in [5, 5.41) is 33.8. The van der Waals surface area contributed by atoms with Crippen LogP contribution in [0.2, 0.25) is 0 Å². The van der Waals surface area contributed by atoms with Gasteiger partial charge in [0.05, 0.1) is 21.4 Å². The number of aromatic hydroxyl groups is 1. The highest BCUT2D eigenvalue weighted by atomic mass is 79.9. The molecule has 0 aliphatic carbocycles. The van der Waals surface area contributed by atoms with Crippen molar-refractivity contribution in [2.75, 3.05) is 17.4 Å². The number of halogens is 1. The van der Waals surface area contributed by atoms with Crippen molar-refractivity contribution < 1.29 is 14.6 Å². The van der Waals surface area contributed by atoms with Gasteiger partial charge in [-0.1, -0.05) is 6.07 Å². The topological polar surface area (TPSA) is 123 Å². The fraction of sp³-hybridized carbons (Fsp3) is 0.0625. The molecule has 25 heavy (non-hydrogen) atoms. The Morgan fingerprint density at radius 3 is 2.72 bits per heavy atom. The Balaban J connectivity index is 1.89. The number of nitrogens with zero attached hydrogens (tertiary/aromatic N) is 3. The second-order valence-electron chi connectivity index (χ2n) is 4.78. The average Bonchev–Trinajstić information content (AvgIpc) is 3.09. The van der Waals surface area contributed by atoms with Crippen molar-refractivity contribution in [3.63, 3.8) is 0 Å². The lowest BCUT2D eigenvalue weighted by molar-refractivity contribution is 0.174. The number of para-hydroxylation sites is 1. The van der Waals surface area contributed by atoms with Crippen LogP contribution < -0.4 is 20.1 Å². The number of nitrogens with one attached hydrogen (secondary N) is 2. The average molecular weight is 400 g/mol. The first kappa shape index (κ1) is 16.4. The van der Waals surface area contributed by atoms with E-state index in [0.29, 0.717) is 17.2 Å². The normalized spacial score (nSPS) is 12.2. The highest BCUT2D eigenvalue weighted by molar-refractivity contribution is 9.10. The maximum atomic E-state index is 10.2. The van der Waals surface area contributed by atoms with Gasteiger partial charge in [0.25, 0.3) is 0 Å². The van der Waals surface area contributed by atoms with Crippen LogP contribution in [-0.4, -0.2) is 17.9 Å². The van der Waals surface area contributed by atoms with Crippen LogP contribution in [0.15, 0.2) is 39.8 Å². The Bertz CT molecular complexity index is 946. The van der Waals surface area contributed by atoms with Crippen LogP contribution in [0.4, 0.5) is 11.4 Å². The summed E-state index contributed by atoms with van der Waals surface area (Å²) >= 11 is 3.15. The zero-order chi connectivity index (χ0) is 17.8. The lowest BCUT2D eigenvalue weighted by atomic mass is 10.2. The van der Waals surface area contributed by atoms with Crippen molar-refractivity contribution in [3.05, 3.63) is 40.4 Å². The second-order valence-corrected chi connectivity index (χ2v) is 5.58. The minimum Gasteiger partial charge on any atom is -0.505 e. The molecule has 1 heterocycles. The van der Waals surface area contributed by atoms with Gasteiger partial charge in [-0.3, -0.25) is 0 Å². The predicted molar refractivity (Wildman–Crippen MR) is 93.4 cm³/mol. The number of aliphatic imine (C=N–C) groups is 1. The molecule has 1 aliphatic heterocycles. The van der Waals surface area contributed by atoms with E-state index in [1.807, 2.05) is 6.07 Å². The van der Waals surface area contributed by atoms with E-state index in [4.69, 9.17) is 20.0 Å². The van der Waals surface area contributed by atoms with Gasteiger partial charge in [-0.05, 0) is 40.2 Å². The van der Waals surface area contributed by atoms with Crippen LogP contribution in [0.5, 0.6) is 17.2 Å². The zero-order valence-corrected chi connectivity index (χ0v) is 14.2. The van der Waals surface area contributed by atoms with E-state index in [1.165, 1.54) is 12.1 Å². The lowest BCUT2D eigenvalue weighted by Gasteiger charge is -2.14. The first-order chi connectivity index (χ1) is 12.1. The van der Waals surface area contributed by atoms with E-state index >= 15 is 0 Å². The maximum Gasteiger partial charge on any atom is 0.231 e. The van der Waals surface area contributed by atoms with Gasteiger partial charge in [0.1, 0.15) is 6.07 Å². The van der Waals surface area contributed by atoms with Crippen molar-refractivity contribution in [1.29, 1.82) is 10.5 Å². The molecule has 0 spiro atoms. The molecule has 0 saturated heterocycles. The molecule has 9 heteroatoms. The standard InChI is InChI=1S/C16H10BrN5O3/c17-13-9(6-18)4-5-10(14(13)23)21-16(20-7-19)22-11-2-1-3-12-15(11)25-8-24-12/h1-5,23H,8H2,(H2,20,21,22). The zero-order valence-electron chi connectivity index (χ0n) is 12.6. The molecule has 8 nitrogen and oxygen atoms in total. The number of hydrogen-bond donors (Lipinski definition) is 3. The summed E-state index contributed by atoms with van der Waals surface area (Å²) in [6, 6.07) is 10.2. The van der Waals surface area contributed by atoms with Gasteiger partial charge in [0, 0.05) is 0 Å². The van der Waals surface area contributed by atoms with E-state index in [0.717, 1.165) is 0 Å². The van der Waals surface area contributed by atoms with Gasteiger partial charge in [0.2, 0.25) is 18.9 Å². The first-order valence-corrected chi connectivity index (χ1v) is 7.74. The van der Waals surface area contributed by atoms with E-state index < -0.39 is 0 Å². The van der Waals surface area contributed by atoms with Gasteiger partial charge < -0.3 is 25.2 Å². The summed E-state index contributed by atoms with van der Waals surface area (Å²) in [6.07, 6.45) is 1.68. The summed E-state index contributed by atoms with van der Waals surface area (Å²) in [7, 11) is 0. The molecule has 2 aromatic carbocycles. The van der Waals surface area contributed by atoms with E-state index in [2.05, 4.69) is 31.6 Å². The Labute approximate surface area is 151 Å². The van der Waals surface area contributed by atoms with Crippen molar-refractivity contribution in [2.45, 2.75) is 0 Å². The number of ether oxygens (including phenoxy) is 2. The number of phenols is 1. The Morgan fingerprint density at radius 2 is 1.96 bits per heavy atom. The molecular weight excluding hydrogens is 390 g/mol. The summed E-state index contributed by atoms with van der Waals surface area (Å²) in [6.45, 7) is 0.107. The molecule has 0 fully saturated rings. The van der Waals surface area contributed by atoms with E-state index in [9.17, 15) is 5.11 Å². The molecule has 0 saturated carbocycles. The molecule has 0 bridgehead atoms. The summed E-state index contributed by atoms with van der Waals surface area (Å²) in [4.78, 5) is 3.67. The minimum atomic E-state index is -0.177. The SMILES string of the molecule is N#C/N=C(\Nc1ccc(C#N)c(Br)c1O)Nc1cccc2c1OCO2. The van der Waals surface area contributed by atoms with Crippen LogP contribution in [0, 0.1) is 22.8 Å². The van der Waals surface area contributed by atoms with E-state index in [1.54, 1.807) is 24.4 Å². The summed E-state index contributed by atoms with van der Waals surface area (Å²) < 4.78 is 10.9. The third-order valence-corrected chi connectivity index (χ3v) is 4.10. The Hall–Kier alpha value is -3.43. The lowest BCUT2D eigenvalue weighted by Crippen LogP contribution is -2.22. The van der Waals surface area contributed by atoms with Crippen LogP contribution in [0.3, 0.4) is 0 Å². The number of guanidine groups is 1. The highest BCUT2D eigenvalue weighted by Gasteiger charge is 2.19. The molecule has 0 unspecified atom stereocenters. The van der Waals surface area contributed by atoms with Gasteiger partial charge in [-0.25, -0.2) is 0 Å². The number of anilines is 2. The van der Waals surface area contributed by atoms with Crippen molar-refractivity contribution in [1.82, 2.24) is 0 Å². The molecule has 0 radical (unpaired) electrons. The monoisotopic (exact) mass is 399 g/mol. The fourth-order valence-electron chi connectivity index (χ4n) is 2.17. The van der Waals surface area contributed by atoms with Gasteiger partial charge in [-0.15, -0.1) is 4.99 Å². The molecule has 0 atom stereocenters. The molecule has 2 aromatic rings. The number of nitriles is 2. The third kappa shape index (κ3) is 3.27. The summed E-state index contributed by atoms with van der Waals surface area (Å²) in [5.74, 6) is 0.966. The minimum absolute atomic E-state index is 0.0679. The predicted octanol–water partition coefficient (Wildman–Crippen LogP) is 3.12. The maximum absolute atomic E-state index is 10.2. The Kier molecular flexibility index (Phi) is 4.59. The van der Waals surface area contributed by atoms with E-state index in [-0.39, 0.29) is 34.2 Å². The smallest absolute Gasteiger partial charge is 0.231 e. The molecule has 0 amide bonds. The van der Waals surface area contributed by atoms with Crippen molar-refractivity contribution in [2.24, 2.45) is 4.99 Å². The molecule has 0 aromatic heterocycles. The van der Waals surface area contributed by atoms with Crippen LogP contribution >= 0.6 is 15.9 Å². The number of rotatable bonds is 2. The second kappa shape index (κ2) is 6.99. The number of hydrogen-bond acceptors (Lipinski definition) is 6. The van der Waals surface area contributed by atoms with Crippen molar-refractivity contribution in [3.8, 4) is 29.5 Å². The fourth-order valence-corrected chi connectivity index (χ4v) is 2.61. The van der Waals surface area contributed by atoms with Crippen LogP contribution in [0.25, 0.3) is 0 Å². The van der Waals surface area contributed by atoms with Gasteiger partial charge in [0.15, 0.2) is 17.2 Å². The van der Waals surface area contributed by atoms with Gasteiger partial charge in [-0.2, -0.15) is 10.5 Å². The molecule has 124 valence electrons. The Morgan fingerprint density at radius 1 is 1.16 bits per heavy atom. The molecule has 3 rings (SSSR count). The first-order valence-electron chi connectivity index (χ1n) is 6.95. The quantitative estimate of drug-likeness (QED) is 0.306. The third-order valence-electron chi connectivity index (χ3n) is 3.30. The largest absolute Gasteiger partial charge is 0.505 e. The van der Waals surface area contributed by atoms with Crippen LogP contribution in [-0.2, 0) is 0 Å². The van der Waals surface area contributed by atoms with Gasteiger partial charge >= 0.3 is 0 Å². The van der Waals surface area contributed by atoms with Crippen molar-refractivity contribution >= 4 is 33.3 Å². The number of fused-ring (bicyclic) bond motifs is 1. The summed E-state index contributed by atoms with van der Waals surface area (Å²) in [5.41, 5.74) is 1.09. The number of phenolic OH excluding ortho intramolecular Hbond substituents is 1. The molecule has 3 N–H and O–H groups in total.